The topological polar surface area (TPSA) is 42.0 Å². The minimum Gasteiger partial charge on any atom is -0.345 e. The van der Waals surface area contributed by atoms with E-state index in [1.165, 1.54) is 30.6 Å². The molecule has 0 aromatic carbocycles. The molecule has 2 unspecified atom stereocenters. The van der Waals surface area contributed by atoms with E-state index in [-0.39, 0.29) is 11.4 Å². The first kappa shape index (κ1) is 11.5. The van der Waals surface area contributed by atoms with Crippen molar-refractivity contribution in [2.24, 2.45) is 17.8 Å². The summed E-state index contributed by atoms with van der Waals surface area (Å²) in [6.45, 7) is 0. The summed E-state index contributed by atoms with van der Waals surface area (Å²) in [5.74, 6) is 2.52. The molecule has 2 atom stereocenters. The molecule has 20 heavy (non-hydrogen) atoms. The van der Waals surface area contributed by atoms with Crippen molar-refractivity contribution in [3.63, 3.8) is 0 Å². The van der Waals surface area contributed by atoms with E-state index < -0.39 is 0 Å². The maximum Gasteiger partial charge on any atom is 0.263 e. The Balaban J connectivity index is 1.37. The van der Waals surface area contributed by atoms with Gasteiger partial charge >= 0.3 is 0 Å². The fourth-order valence-electron chi connectivity index (χ4n) is 4.52. The molecule has 4 bridgehead atoms. The Bertz CT molecular complexity index is 679. The number of nitrogens with one attached hydrogen (secondary N) is 1. The number of carbonyl (C=O) groups excluding carboxylic acids is 1. The molecule has 4 saturated carbocycles. The fourth-order valence-corrected chi connectivity index (χ4v) is 6.13. The first-order valence-electron chi connectivity index (χ1n) is 7.08. The van der Waals surface area contributed by atoms with Crippen molar-refractivity contribution in [2.75, 3.05) is 0 Å². The maximum absolute atomic E-state index is 12.4. The molecule has 4 fully saturated rings. The monoisotopic (exact) mass is 302 g/mol. The van der Waals surface area contributed by atoms with Crippen LogP contribution in [0.5, 0.6) is 0 Å². The SMILES string of the molecule is O=C(NC12CC3CC1C2C3)c1cnc(-c2cccs2)s1. The number of hydrogen-bond donors (Lipinski definition) is 1. The minimum absolute atomic E-state index is 0.0837. The number of thiazole rings is 1. The van der Waals surface area contributed by atoms with Gasteiger partial charge in [-0.3, -0.25) is 4.79 Å². The largest absolute Gasteiger partial charge is 0.345 e. The average Bonchev–Trinajstić information content (AvgIpc) is 3.14. The lowest BCUT2D eigenvalue weighted by atomic mass is 10.1. The standard InChI is InChI=1S/C15H14N2OS2/c18-13(17-15-6-8-4-9(15)10(15)5-8)12-7-16-14(20-12)11-2-1-3-19-11/h1-3,7-10H,4-6H2,(H,17,18). The fraction of sp³-hybridized carbons (Fsp3) is 0.467. The van der Waals surface area contributed by atoms with E-state index in [4.69, 9.17) is 0 Å². The van der Waals surface area contributed by atoms with Crippen LogP contribution in [0, 0.1) is 17.8 Å². The zero-order valence-electron chi connectivity index (χ0n) is 10.8. The molecule has 2 aromatic rings. The first-order valence-corrected chi connectivity index (χ1v) is 8.78. The molecule has 2 heterocycles. The van der Waals surface area contributed by atoms with Crippen LogP contribution in [0.3, 0.4) is 0 Å². The number of hydrogen-bond acceptors (Lipinski definition) is 4. The molecule has 6 rings (SSSR count). The van der Waals surface area contributed by atoms with E-state index in [9.17, 15) is 4.79 Å². The lowest BCUT2D eigenvalue weighted by molar-refractivity contribution is 0.0932. The predicted octanol–water partition coefficient (Wildman–Crippen LogP) is 3.40. The van der Waals surface area contributed by atoms with Gasteiger partial charge in [0.15, 0.2) is 0 Å². The van der Waals surface area contributed by atoms with Gasteiger partial charge in [-0.05, 0) is 48.5 Å². The lowest BCUT2D eigenvalue weighted by Crippen LogP contribution is -2.37. The highest BCUT2D eigenvalue weighted by Gasteiger charge is 2.75. The maximum atomic E-state index is 12.4. The highest BCUT2D eigenvalue weighted by Crippen LogP contribution is 2.73. The molecule has 1 N–H and O–H groups in total. The third-order valence-electron chi connectivity index (χ3n) is 5.31. The molecule has 3 nitrogen and oxygen atoms in total. The summed E-state index contributed by atoms with van der Waals surface area (Å²) in [5.41, 5.74) is 0.175. The number of amides is 1. The normalized spacial score (nSPS) is 36.3. The van der Waals surface area contributed by atoms with Crippen LogP contribution >= 0.6 is 22.7 Å². The Morgan fingerprint density at radius 2 is 2.25 bits per heavy atom. The summed E-state index contributed by atoms with van der Waals surface area (Å²) in [6, 6.07) is 4.06. The number of nitrogens with zero attached hydrogens (tertiary/aromatic N) is 1. The summed E-state index contributed by atoms with van der Waals surface area (Å²) in [5, 5.41) is 6.32. The summed E-state index contributed by atoms with van der Waals surface area (Å²) in [4.78, 5) is 18.7. The van der Waals surface area contributed by atoms with Gasteiger partial charge in [0.1, 0.15) is 9.88 Å². The number of rotatable bonds is 3. The van der Waals surface area contributed by atoms with Crippen LogP contribution in [-0.2, 0) is 0 Å². The molecule has 2 aromatic heterocycles. The van der Waals surface area contributed by atoms with E-state index in [1.807, 2.05) is 17.5 Å². The highest BCUT2D eigenvalue weighted by atomic mass is 32.1. The molecule has 0 saturated heterocycles. The van der Waals surface area contributed by atoms with Gasteiger partial charge < -0.3 is 5.32 Å². The van der Waals surface area contributed by atoms with Gasteiger partial charge in [0.2, 0.25) is 0 Å². The molecule has 4 aliphatic carbocycles. The van der Waals surface area contributed by atoms with Crippen molar-refractivity contribution in [3.8, 4) is 9.88 Å². The second-order valence-electron chi connectivity index (χ2n) is 6.26. The summed E-state index contributed by atoms with van der Waals surface area (Å²) < 4.78 is 0. The minimum atomic E-state index is 0.0837. The highest BCUT2D eigenvalue weighted by molar-refractivity contribution is 7.21. The molecular formula is C15H14N2OS2. The first-order chi connectivity index (χ1) is 9.76. The van der Waals surface area contributed by atoms with E-state index in [0.717, 1.165) is 32.5 Å². The molecule has 4 aliphatic rings. The number of thiophene rings is 1. The molecule has 0 radical (unpaired) electrons. The van der Waals surface area contributed by atoms with Crippen LogP contribution in [0.1, 0.15) is 28.9 Å². The molecule has 1 amide bonds. The van der Waals surface area contributed by atoms with E-state index >= 15 is 0 Å². The van der Waals surface area contributed by atoms with Gasteiger partial charge in [-0.25, -0.2) is 4.98 Å². The Labute approximate surface area is 125 Å². The van der Waals surface area contributed by atoms with Crippen LogP contribution in [-0.4, -0.2) is 16.4 Å². The van der Waals surface area contributed by atoms with Crippen LogP contribution in [0.4, 0.5) is 0 Å². The Hall–Kier alpha value is -1.20. The smallest absolute Gasteiger partial charge is 0.263 e. The van der Waals surface area contributed by atoms with Gasteiger partial charge in [0.25, 0.3) is 5.91 Å². The van der Waals surface area contributed by atoms with Crippen molar-refractivity contribution < 1.29 is 4.79 Å². The number of aromatic nitrogens is 1. The third-order valence-corrected chi connectivity index (χ3v) is 7.34. The van der Waals surface area contributed by atoms with Crippen LogP contribution in [0.25, 0.3) is 9.88 Å². The summed E-state index contributed by atoms with van der Waals surface area (Å²) in [6.07, 6.45) is 5.62. The van der Waals surface area contributed by atoms with Crippen molar-refractivity contribution in [1.82, 2.24) is 10.3 Å². The zero-order chi connectivity index (χ0) is 13.3. The van der Waals surface area contributed by atoms with E-state index in [0.29, 0.717) is 0 Å². The van der Waals surface area contributed by atoms with Crippen molar-refractivity contribution in [1.29, 1.82) is 0 Å². The Kier molecular flexibility index (Phi) is 2.13. The van der Waals surface area contributed by atoms with Crippen molar-refractivity contribution in [2.45, 2.75) is 24.8 Å². The van der Waals surface area contributed by atoms with Gasteiger partial charge in [0.05, 0.1) is 11.1 Å². The van der Waals surface area contributed by atoms with Gasteiger partial charge in [0, 0.05) is 5.54 Å². The van der Waals surface area contributed by atoms with Gasteiger partial charge in [-0.2, -0.15) is 0 Å². The Morgan fingerprint density at radius 3 is 2.90 bits per heavy atom. The zero-order valence-corrected chi connectivity index (χ0v) is 12.5. The average molecular weight is 302 g/mol. The van der Waals surface area contributed by atoms with Crippen molar-refractivity contribution in [3.05, 3.63) is 28.6 Å². The summed E-state index contributed by atoms with van der Waals surface area (Å²) >= 11 is 3.17. The van der Waals surface area contributed by atoms with Crippen LogP contribution < -0.4 is 5.32 Å². The molecule has 0 spiro atoms. The second-order valence-corrected chi connectivity index (χ2v) is 8.23. The molecule has 0 aliphatic heterocycles. The predicted molar refractivity (Wildman–Crippen MR) is 79.9 cm³/mol. The quantitative estimate of drug-likeness (QED) is 0.944. The van der Waals surface area contributed by atoms with E-state index in [1.54, 1.807) is 17.5 Å². The second kappa shape index (κ2) is 3.71. The summed E-state index contributed by atoms with van der Waals surface area (Å²) in [7, 11) is 0. The van der Waals surface area contributed by atoms with E-state index in [2.05, 4.69) is 10.3 Å². The Morgan fingerprint density at radius 1 is 1.40 bits per heavy atom. The third kappa shape index (κ3) is 1.40. The molecule has 102 valence electrons. The van der Waals surface area contributed by atoms with Crippen molar-refractivity contribution >= 4 is 28.6 Å². The molecule has 5 heteroatoms. The van der Waals surface area contributed by atoms with Gasteiger partial charge in [-0.15, -0.1) is 22.7 Å². The number of carbonyl (C=O) groups is 1. The van der Waals surface area contributed by atoms with Crippen LogP contribution in [0.2, 0.25) is 0 Å². The lowest BCUT2D eigenvalue weighted by Gasteiger charge is -2.13. The molecular weight excluding hydrogens is 288 g/mol. The van der Waals surface area contributed by atoms with Crippen LogP contribution in [0.15, 0.2) is 23.7 Å². The van der Waals surface area contributed by atoms with Gasteiger partial charge in [-0.1, -0.05) is 6.07 Å².